The van der Waals surface area contributed by atoms with E-state index in [-0.39, 0.29) is 5.38 Å². The average molecular weight is 310 g/mol. The molecule has 1 saturated carbocycles. The molecule has 0 aliphatic heterocycles. The Hall–Kier alpha value is 0.01000. The van der Waals surface area contributed by atoms with Gasteiger partial charge >= 0.3 is 0 Å². The van der Waals surface area contributed by atoms with Gasteiger partial charge in [-0.25, -0.2) is 4.98 Å². The number of halogens is 3. The maximum atomic E-state index is 6.17. The summed E-state index contributed by atoms with van der Waals surface area (Å²) in [5, 5.41) is 3.97. The average Bonchev–Trinajstić information content (AvgIpc) is 2.99. The van der Waals surface area contributed by atoms with E-state index in [0.717, 1.165) is 11.0 Å². The fourth-order valence-corrected chi connectivity index (χ4v) is 2.39. The zero-order valence-electron chi connectivity index (χ0n) is 8.01. The van der Waals surface area contributed by atoms with E-state index >= 15 is 0 Å². The van der Waals surface area contributed by atoms with Crippen molar-refractivity contribution >= 4 is 44.9 Å². The molecule has 2 nitrogen and oxygen atoms in total. The van der Waals surface area contributed by atoms with E-state index < -0.39 is 0 Å². The maximum Gasteiger partial charge on any atom is 0.144 e. The second-order valence-corrected chi connectivity index (χ2v) is 5.60. The van der Waals surface area contributed by atoms with Crippen LogP contribution in [0.3, 0.4) is 0 Å². The second-order valence-electron chi connectivity index (χ2n) is 3.72. The van der Waals surface area contributed by atoms with Gasteiger partial charge in [0.1, 0.15) is 5.82 Å². The number of aromatic nitrogens is 1. The number of alkyl halides is 1. The first-order valence-corrected chi connectivity index (χ1v) is 6.46. The van der Waals surface area contributed by atoms with Crippen molar-refractivity contribution in [1.82, 2.24) is 4.98 Å². The highest BCUT2D eigenvalue weighted by Crippen LogP contribution is 2.35. The Morgan fingerprint density at radius 3 is 2.93 bits per heavy atom. The summed E-state index contributed by atoms with van der Waals surface area (Å²) in [6.45, 7) is 0.723. The number of nitrogens with zero attached hydrogens (tertiary/aromatic N) is 1. The predicted molar refractivity (Wildman–Crippen MR) is 67.8 cm³/mol. The number of hydrogen-bond acceptors (Lipinski definition) is 2. The van der Waals surface area contributed by atoms with E-state index in [1.54, 1.807) is 6.20 Å². The van der Waals surface area contributed by atoms with Crippen molar-refractivity contribution in [1.29, 1.82) is 0 Å². The van der Waals surface area contributed by atoms with Crippen LogP contribution in [0.1, 0.15) is 12.8 Å². The summed E-state index contributed by atoms with van der Waals surface area (Å²) >= 11 is 15.5. The summed E-state index contributed by atoms with van der Waals surface area (Å²) in [5.41, 5.74) is 0. The molecule has 0 amide bonds. The third-order valence-electron chi connectivity index (χ3n) is 2.41. The molecule has 15 heavy (non-hydrogen) atoms. The van der Waals surface area contributed by atoms with Crippen LogP contribution in [0.5, 0.6) is 0 Å². The Balaban J connectivity index is 1.92. The first kappa shape index (κ1) is 11.5. The van der Waals surface area contributed by atoms with Crippen LogP contribution in [0, 0.1) is 5.92 Å². The summed E-state index contributed by atoms with van der Waals surface area (Å²) in [6.07, 6.45) is 4.21. The van der Waals surface area contributed by atoms with Gasteiger partial charge in [-0.3, -0.25) is 0 Å². The van der Waals surface area contributed by atoms with Gasteiger partial charge in [0.05, 0.1) is 10.4 Å². The number of rotatable bonds is 4. The molecular weight excluding hydrogens is 299 g/mol. The molecule has 1 atom stereocenters. The molecule has 0 aromatic carbocycles. The van der Waals surface area contributed by atoms with Crippen LogP contribution < -0.4 is 5.32 Å². The van der Waals surface area contributed by atoms with E-state index in [4.69, 9.17) is 23.2 Å². The Morgan fingerprint density at radius 2 is 2.33 bits per heavy atom. The molecule has 1 N–H and O–H groups in total. The molecular formula is C10H11BrCl2N2. The Morgan fingerprint density at radius 1 is 1.60 bits per heavy atom. The van der Waals surface area contributed by atoms with Gasteiger partial charge in [-0.1, -0.05) is 11.6 Å². The molecule has 1 fully saturated rings. The van der Waals surface area contributed by atoms with Crippen LogP contribution in [0.4, 0.5) is 5.82 Å². The Kier molecular flexibility index (Phi) is 3.75. The van der Waals surface area contributed by atoms with Crippen molar-refractivity contribution in [3.8, 4) is 0 Å². The molecule has 0 radical (unpaired) electrons. The highest BCUT2D eigenvalue weighted by Gasteiger charge is 2.29. The number of pyridine rings is 1. The summed E-state index contributed by atoms with van der Waals surface area (Å²) in [6, 6.07) is 1.82. The van der Waals surface area contributed by atoms with Gasteiger partial charge in [-0.2, -0.15) is 0 Å². The van der Waals surface area contributed by atoms with E-state index in [0.29, 0.717) is 16.8 Å². The van der Waals surface area contributed by atoms with Crippen molar-refractivity contribution in [2.45, 2.75) is 18.2 Å². The third-order valence-corrected chi connectivity index (χ3v) is 3.64. The minimum absolute atomic E-state index is 0.187. The van der Waals surface area contributed by atoms with Gasteiger partial charge in [0.15, 0.2) is 0 Å². The highest BCUT2D eigenvalue weighted by atomic mass is 79.9. The lowest BCUT2D eigenvalue weighted by molar-refractivity contribution is 0.768. The lowest BCUT2D eigenvalue weighted by Crippen LogP contribution is -2.16. The van der Waals surface area contributed by atoms with Crippen molar-refractivity contribution in [3.05, 3.63) is 21.8 Å². The van der Waals surface area contributed by atoms with Gasteiger partial charge in [0.2, 0.25) is 0 Å². The van der Waals surface area contributed by atoms with Gasteiger partial charge in [-0.05, 0) is 40.8 Å². The Labute approximate surface area is 107 Å². The van der Waals surface area contributed by atoms with Crippen LogP contribution >= 0.6 is 39.1 Å². The molecule has 2 rings (SSSR count). The summed E-state index contributed by atoms with van der Waals surface area (Å²) in [4.78, 5) is 4.18. The van der Waals surface area contributed by atoms with E-state index in [1.165, 1.54) is 12.8 Å². The number of hydrogen-bond donors (Lipinski definition) is 1. The summed E-state index contributed by atoms with van der Waals surface area (Å²) < 4.78 is 0.877. The molecule has 1 aromatic heterocycles. The fraction of sp³-hybridized carbons (Fsp3) is 0.500. The normalized spacial score (nSPS) is 17.5. The molecule has 0 spiro atoms. The predicted octanol–water partition coefficient (Wildman–Crippen LogP) is 3.93. The second kappa shape index (κ2) is 4.89. The minimum Gasteiger partial charge on any atom is -0.367 e. The fourth-order valence-electron chi connectivity index (χ4n) is 1.36. The first-order chi connectivity index (χ1) is 7.16. The third kappa shape index (κ3) is 3.23. The monoisotopic (exact) mass is 308 g/mol. The molecule has 0 bridgehead atoms. The topological polar surface area (TPSA) is 24.9 Å². The molecule has 1 aliphatic rings. The number of anilines is 1. The van der Waals surface area contributed by atoms with E-state index in [2.05, 4.69) is 26.2 Å². The van der Waals surface area contributed by atoms with Crippen molar-refractivity contribution < 1.29 is 0 Å². The quantitative estimate of drug-likeness (QED) is 0.853. The molecule has 0 saturated heterocycles. The zero-order valence-corrected chi connectivity index (χ0v) is 11.1. The molecule has 1 heterocycles. The van der Waals surface area contributed by atoms with Gasteiger partial charge in [0.25, 0.3) is 0 Å². The van der Waals surface area contributed by atoms with Crippen LogP contribution in [0.2, 0.25) is 5.02 Å². The van der Waals surface area contributed by atoms with Crippen LogP contribution in [0.15, 0.2) is 16.7 Å². The van der Waals surface area contributed by atoms with E-state index in [1.807, 2.05) is 6.07 Å². The Bertz CT molecular complexity index is 355. The lowest BCUT2D eigenvalue weighted by Gasteiger charge is -2.11. The zero-order chi connectivity index (χ0) is 10.8. The van der Waals surface area contributed by atoms with Crippen molar-refractivity contribution in [2.75, 3.05) is 11.9 Å². The molecule has 1 aromatic rings. The number of nitrogens with one attached hydrogen (secondary N) is 1. The molecule has 1 aliphatic carbocycles. The molecule has 5 heteroatoms. The van der Waals surface area contributed by atoms with Gasteiger partial charge in [0, 0.05) is 17.2 Å². The van der Waals surface area contributed by atoms with Crippen LogP contribution in [-0.4, -0.2) is 16.9 Å². The van der Waals surface area contributed by atoms with Crippen LogP contribution in [0.25, 0.3) is 0 Å². The SMILES string of the molecule is Clc1cc(Br)cnc1NCC(Cl)C1CC1. The molecule has 82 valence electrons. The summed E-state index contributed by atoms with van der Waals surface area (Å²) in [7, 11) is 0. The van der Waals surface area contributed by atoms with Gasteiger partial charge in [-0.15, -0.1) is 11.6 Å². The maximum absolute atomic E-state index is 6.17. The van der Waals surface area contributed by atoms with Crippen LogP contribution in [-0.2, 0) is 0 Å². The molecule has 1 unspecified atom stereocenters. The summed E-state index contributed by atoms with van der Waals surface area (Å²) in [5.74, 6) is 1.37. The first-order valence-electron chi connectivity index (χ1n) is 4.86. The van der Waals surface area contributed by atoms with E-state index in [9.17, 15) is 0 Å². The highest BCUT2D eigenvalue weighted by molar-refractivity contribution is 9.10. The van der Waals surface area contributed by atoms with Gasteiger partial charge < -0.3 is 5.32 Å². The standard InChI is InChI=1S/C10H11BrCl2N2/c11-7-3-8(12)10(14-4-7)15-5-9(13)6-1-2-6/h3-4,6,9H,1-2,5H2,(H,14,15). The largest absolute Gasteiger partial charge is 0.367 e. The van der Waals surface area contributed by atoms with Crippen molar-refractivity contribution in [2.24, 2.45) is 5.92 Å². The minimum atomic E-state index is 0.187. The van der Waals surface area contributed by atoms with Crippen molar-refractivity contribution in [3.63, 3.8) is 0 Å². The smallest absolute Gasteiger partial charge is 0.144 e. The lowest BCUT2D eigenvalue weighted by atomic mass is 10.3.